The summed E-state index contributed by atoms with van der Waals surface area (Å²) in [5, 5.41) is 7.68. The van der Waals surface area contributed by atoms with Gasteiger partial charge in [-0.2, -0.15) is 12.6 Å². The van der Waals surface area contributed by atoms with Crippen LogP contribution in [-0.2, 0) is 27.2 Å². The lowest BCUT2D eigenvalue weighted by Gasteiger charge is -2.25. The Balaban J connectivity index is 2.07. The summed E-state index contributed by atoms with van der Waals surface area (Å²) in [6, 6.07) is 17.6. The van der Waals surface area contributed by atoms with Crippen molar-refractivity contribution in [1.29, 1.82) is 0 Å². The van der Waals surface area contributed by atoms with Crippen LogP contribution in [0.15, 0.2) is 60.7 Å². The SMILES string of the molecule is CNC(=O)[C@H](Cc1ccccc1)NC(=O)[C@H](CC(C)C)NC(=O)C(S)Cc1ccccc1. The molecule has 0 aliphatic heterocycles. The summed E-state index contributed by atoms with van der Waals surface area (Å²) >= 11 is 4.45. The smallest absolute Gasteiger partial charge is 0.243 e. The number of likely N-dealkylation sites (N-methyl/N-ethyl adjacent to an activating group) is 1. The van der Waals surface area contributed by atoms with Crippen LogP contribution >= 0.6 is 12.6 Å². The normalized spacial score (nSPS) is 13.7. The van der Waals surface area contributed by atoms with E-state index < -0.39 is 17.3 Å². The standard InChI is InChI=1S/C25H33N3O3S/c1-17(2)14-20(28-25(31)22(32)16-19-12-8-5-9-13-19)24(30)27-21(23(29)26-3)15-18-10-6-4-7-11-18/h4-13,17,20-22,32H,14-16H2,1-3H3,(H,26,29)(H,27,30)(H,28,31)/t20-,21-,22?/m0/s1. The monoisotopic (exact) mass is 455 g/mol. The van der Waals surface area contributed by atoms with Gasteiger partial charge in [-0.15, -0.1) is 0 Å². The number of benzene rings is 2. The highest BCUT2D eigenvalue weighted by atomic mass is 32.1. The Morgan fingerprint density at radius 1 is 0.750 bits per heavy atom. The average molecular weight is 456 g/mol. The number of nitrogens with one attached hydrogen (secondary N) is 3. The molecule has 0 bridgehead atoms. The fourth-order valence-electron chi connectivity index (χ4n) is 3.41. The Hall–Kier alpha value is -2.80. The average Bonchev–Trinajstić information content (AvgIpc) is 2.78. The minimum absolute atomic E-state index is 0.172. The highest BCUT2D eigenvalue weighted by molar-refractivity contribution is 7.81. The van der Waals surface area contributed by atoms with E-state index in [1.165, 1.54) is 7.05 Å². The maximum absolute atomic E-state index is 13.1. The van der Waals surface area contributed by atoms with E-state index in [4.69, 9.17) is 0 Å². The summed E-state index contributed by atoms with van der Waals surface area (Å²) in [7, 11) is 1.54. The molecule has 32 heavy (non-hydrogen) atoms. The lowest BCUT2D eigenvalue weighted by molar-refractivity contribution is -0.132. The summed E-state index contributed by atoms with van der Waals surface area (Å²) in [5.74, 6) is -0.798. The van der Waals surface area contributed by atoms with Gasteiger partial charge in [0.2, 0.25) is 17.7 Å². The van der Waals surface area contributed by atoms with Crippen LogP contribution in [0, 0.1) is 5.92 Å². The number of carbonyl (C=O) groups excluding carboxylic acids is 3. The first kappa shape index (κ1) is 25.5. The van der Waals surface area contributed by atoms with Crippen LogP contribution in [0.5, 0.6) is 0 Å². The fourth-order valence-corrected chi connectivity index (χ4v) is 3.69. The minimum Gasteiger partial charge on any atom is -0.357 e. The van der Waals surface area contributed by atoms with Crippen molar-refractivity contribution >= 4 is 30.4 Å². The molecule has 3 atom stereocenters. The second kappa shape index (κ2) is 12.9. The minimum atomic E-state index is -0.754. The zero-order valence-corrected chi connectivity index (χ0v) is 19.8. The molecule has 1 unspecified atom stereocenters. The Morgan fingerprint density at radius 2 is 1.25 bits per heavy atom. The highest BCUT2D eigenvalue weighted by Gasteiger charge is 2.28. The molecular weight excluding hydrogens is 422 g/mol. The van der Waals surface area contributed by atoms with Crippen molar-refractivity contribution in [2.45, 2.75) is 50.4 Å². The first-order chi connectivity index (χ1) is 15.3. The molecule has 0 heterocycles. The van der Waals surface area contributed by atoms with Crippen molar-refractivity contribution in [3.63, 3.8) is 0 Å². The van der Waals surface area contributed by atoms with Gasteiger partial charge in [-0.1, -0.05) is 74.5 Å². The summed E-state index contributed by atoms with van der Waals surface area (Å²) in [6.07, 6.45) is 1.27. The van der Waals surface area contributed by atoms with Crippen molar-refractivity contribution in [3.05, 3.63) is 71.8 Å². The molecule has 0 spiro atoms. The van der Waals surface area contributed by atoms with E-state index in [1.54, 1.807) is 0 Å². The molecule has 0 radical (unpaired) electrons. The third-order valence-corrected chi connectivity index (χ3v) is 5.49. The van der Waals surface area contributed by atoms with Gasteiger partial charge in [0, 0.05) is 13.5 Å². The number of hydrogen-bond donors (Lipinski definition) is 4. The largest absolute Gasteiger partial charge is 0.357 e. The molecule has 0 saturated heterocycles. The van der Waals surface area contributed by atoms with Crippen LogP contribution < -0.4 is 16.0 Å². The summed E-state index contributed by atoms with van der Waals surface area (Å²) in [4.78, 5) is 38.3. The van der Waals surface area contributed by atoms with E-state index >= 15 is 0 Å². The lowest BCUT2D eigenvalue weighted by Crippen LogP contribution is -2.55. The van der Waals surface area contributed by atoms with Gasteiger partial charge in [-0.25, -0.2) is 0 Å². The van der Waals surface area contributed by atoms with E-state index in [1.807, 2.05) is 74.5 Å². The molecule has 172 valence electrons. The topological polar surface area (TPSA) is 87.3 Å². The third kappa shape index (κ3) is 8.38. The van der Waals surface area contributed by atoms with Gasteiger partial charge in [-0.3, -0.25) is 14.4 Å². The Morgan fingerprint density at radius 3 is 1.75 bits per heavy atom. The van der Waals surface area contributed by atoms with Gasteiger partial charge in [0.15, 0.2) is 0 Å². The summed E-state index contributed by atoms with van der Waals surface area (Å²) < 4.78 is 0. The second-order valence-electron chi connectivity index (χ2n) is 8.26. The van der Waals surface area contributed by atoms with Crippen molar-refractivity contribution in [2.75, 3.05) is 7.05 Å². The van der Waals surface area contributed by atoms with Crippen molar-refractivity contribution in [3.8, 4) is 0 Å². The molecule has 0 saturated carbocycles. The summed E-state index contributed by atoms with van der Waals surface area (Å²) in [6.45, 7) is 3.96. The zero-order chi connectivity index (χ0) is 23.5. The van der Waals surface area contributed by atoms with Gasteiger partial charge in [-0.05, 0) is 29.9 Å². The molecule has 2 rings (SSSR count). The molecule has 3 N–H and O–H groups in total. The van der Waals surface area contributed by atoms with E-state index in [-0.39, 0.29) is 23.6 Å². The fraction of sp³-hybridized carbons (Fsp3) is 0.400. The van der Waals surface area contributed by atoms with E-state index in [0.717, 1.165) is 11.1 Å². The highest BCUT2D eigenvalue weighted by Crippen LogP contribution is 2.11. The molecule has 2 aromatic rings. The number of rotatable bonds is 11. The van der Waals surface area contributed by atoms with Crippen LogP contribution in [0.4, 0.5) is 0 Å². The molecule has 0 aliphatic carbocycles. The van der Waals surface area contributed by atoms with E-state index in [9.17, 15) is 14.4 Å². The molecule has 0 aliphatic rings. The van der Waals surface area contributed by atoms with Crippen molar-refractivity contribution in [2.24, 2.45) is 5.92 Å². The van der Waals surface area contributed by atoms with Gasteiger partial charge >= 0.3 is 0 Å². The van der Waals surface area contributed by atoms with Crippen LogP contribution in [0.25, 0.3) is 0 Å². The van der Waals surface area contributed by atoms with E-state index in [0.29, 0.717) is 19.3 Å². The zero-order valence-electron chi connectivity index (χ0n) is 18.9. The molecule has 0 fully saturated rings. The Kier molecular flexibility index (Phi) is 10.3. The molecular formula is C25H33N3O3S. The number of carbonyl (C=O) groups is 3. The number of hydrogen-bond acceptors (Lipinski definition) is 4. The van der Waals surface area contributed by atoms with Crippen LogP contribution in [0.2, 0.25) is 0 Å². The number of amides is 3. The molecule has 6 nitrogen and oxygen atoms in total. The third-order valence-electron chi connectivity index (χ3n) is 5.08. The maximum atomic E-state index is 13.1. The first-order valence-corrected chi connectivity index (χ1v) is 11.4. The van der Waals surface area contributed by atoms with Crippen LogP contribution in [0.1, 0.15) is 31.4 Å². The second-order valence-corrected chi connectivity index (χ2v) is 8.88. The van der Waals surface area contributed by atoms with Gasteiger partial charge < -0.3 is 16.0 Å². The van der Waals surface area contributed by atoms with Crippen LogP contribution in [0.3, 0.4) is 0 Å². The molecule has 2 aromatic carbocycles. The molecule has 7 heteroatoms. The number of thiol groups is 1. The Labute approximate surface area is 196 Å². The van der Waals surface area contributed by atoms with Gasteiger partial charge in [0.05, 0.1) is 5.25 Å². The first-order valence-electron chi connectivity index (χ1n) is 10.9. The van der Waals surface area contributed by atoms with Gasteiger partial charge in [0.1, 0.15) is 12.1 Å². The molecule has 3 amide bonds. The summed E-state index contributed by atoms with van der Waals surface area (Å²) in [5.41, 5.74) is 1.93. The quantitative estimate of drug-likeness (QED) is 0.393. The predicted octanol–water partition coefficient (Wildman–Crippen LogP) is 2.53. The van der Waals surface area contributed by atoms with Crippen molar-refractivity contribution in [1.82, 2.24) is 16.0 Å². The van der Waals surface area contributed by atoms with Crippen molar-refractivity contribution < 1.29 is 14.4 Å². The van der Waals surface area contributed by atoms with E-state index in [2.05, 4.69) is 28.6 Å². The molecule has 0 aromatic heterocycles. The lowest BCUT2D eigenvalue weighted by atomic mass is 10.0. The Bertz CT molecular complexity index is 875. The van der Waals surface area contributed by atoms with Gasteiger partial charge in [0.25, 0.3) is 0 Å². The maximum Gasteiger partial charge on any atom is 0.243 e. The van der Waals surface area contributed by atoms with Crippen LogP contribution in [-0.4, -0.2) is 42.1 Å². The predicted molar refractivity (Wildman–Crippen MR) is 130 cm³/mol.